The van der Waals surface area contributed by atoms with Crippen LogP contribution in [0, 0.1) is 0 Å². The van der Waals surface area contributed by atoms with Crippen LogP contribution in [0.15, 0.2) is 0 Å². The third-order valence-electron chi connectivity index (χ3n) is 2.22. The number of alkyl halides is 1. The Morgan fingerprint density at radius 1 is 1.47 bits per heavy atom. The molecule has 88 valence electrons. The number of ether oxygens (including phenoxy) is 3. The molecule has 1 rings (SSSR count). The van der Waals surface area contributed by atoms with Gasteiger partial charge >= 0.3 is 5.97 Å². The van der Waals surface area contributed by atoms with Gasteiger partial charge in [0.2, 0.25) is 0 Å². The smallest absolute Gasteiger partial charge is 0.308 e. The number of carbonyl (C=O) groups is 1. The number of methoxy groups -OCH3 is 1. The summed E-state index contributed by atoms with van der Waals surface area (Å²) in [5, 5.41) is 0. The molecule has 0 amide bonds. The minimum absolute atomic E-state index is 0.0647. The van der Waals surface area contributed by atoms with Crippen molar-refractivity contribution in [3.63, 3.8) is 0 Å². The Balaban J connectivity index is 2.54. The lowest BCUT2D eigenvalue weighted by molar-refractivity contribution is -0.295. The molecular weight excluding hydrogens is 220 g/mol. The fourth-order valence-corrected chi connectivity index (χ4v) is 1.90. The van der Waals surface area contributed by atoms with Gasteiger partial charge in [-0.25, -0.2) is 0 Å². The second-order valence-corrected chi connectivity index (χ2v) is 4.36. The second kappa shape index (κ2) is 5.14. The lowest BCUT2D eigenvalue weighted by Crippen LogP contribution is -2.46. The molecule has 0 aromatic rings. The van der Waals surface area contributed by atoms with Crippen LogP contribution in [-0.4, -0.2) is 37.0 Å². The van der Waals surface area contributed by atoms with Crippen LogP contribution in [0.4, 0.5) is 0 Å². The summed E-state index contributed by atoms with van der Waals surface area (Å²) in [7, 11) is 1.37. The van der Waals surface area contributed by atoms with E-state index in [1.165, 1.54) is 7.11 Å². The second-order valence-electron chi connectivity index (χ2n) is 4.05. The summed E-state index contributed by atoms with van der Waals surface area (Å²) in [6.45, 7) is 3.63. The van der Waals surface area contributed by atoms with E-state index in [1.54, 1.807) is 0 Å². The molecule has 0 radical (unpaired) electrons. The van der Waals surface area contributed by atoms with Crippen molar-refractivity contribution in [2.24, 2.45) is 0 Å². The van der Waals surface area contributed by atoms with Crippen molar-refractivity contribution < 1.29 is 19.0 Å². The molecule has 0 aromatic heterocycles. The average Bonchev–Trinajstić information content (AvgIpc) is 2.15. The number of halogens is 1. The van der Waals surface area contributed by atoms with Crippen LogP contribution in [0.3, 0.4) is 0 Å². The molecule has 1 fully saturated rings. The van der Waals surface area contributed by atoms with Gasteiger partial charge in [0.15, 0.2) is 5.79 Å². The molecule has 1 saturated heterocycles. The van der Waals surface area contributed by atoms with Crippen LogP contribution in [0.5, 0.6) is 0 Å². The predicted molar refractivity (Wildman–Crippen MR) is 55.8 cm³/mol. The third kappa shape index (κ3) is 3.97. The van der Waals surface area contributed by atoms with Gasteiger partial charge in [0, 0.05) is 12.3 Å². The molecular formula is C10H17ClO4. The molecule has 0 spiro atoms. The van der Waals surface area contributed by atoms with E-state index in [9.17, 15) is 4.79 Å². The zero-order chi connectivity index (χ0) is 11.5. The number of hydrogen-bond acceptors (Lipinski definition) is 4. The maximum Gasteiger partial charge on any atom is 0.308 e. The molecule has 0 saturated carbocycles. The molecule has 0 bridgehead atoms. The number of rotatable bonds is 3. The normalized spacial score (nSPS) is 29.9. The number of esters is 1. The van der Waals surface area contributed by atoms with Gasteiger partial charge in [0.25, 0.3) is 0 Å². The van der Waals surface area contributed by atoms with E-state index in [0.717, 1.165) is 0 Å². The highest BCUT2D eigenvalue weighted by molar-refractivity contribution is 6.18. The topological polar surface area (TPSA) is 44.8 Å². The highest BCUT2D eigenvalue weighted by Gasteiger charge is 2.36. The Morgan fingerprint density at radius 3 is 2.60 bits per heavy atom. The van der Waals surface area contributed by atoms with Gasteiger partial charge in [0.05, 0.1) is 25.7 Å². The summed E-state index contributed by atoms with van der Waals surface area (Å²) in [5.41, 5.74) is 0. The molecule has 4 nitrogen and oxygen atoms in total. The van der Waals surface area contributed by atoms with Gasteiger partial charge in [-0.3, -0.25) is 4.79 Å². The van der Waals surface area contributed by atoms with Crippen LogP contribution < -0.4 is 0 Å². The van der Waals surface area contributed by atoms with Crippen LogP contribution in [-0.2, 0) is 19.0 Å². The molecule has 15 heavy (non-hydrogen) atoms. The Kier molecular flexibility index (Phi) is 4.37. The van der Waals surface area contributed by atoms with Gasteiger partial charge < -0.3 is 14.2 Å². The maximum atomic E-state index is 11.1. The summed E-state index contributed by atoms with van der Waals surface area (Å²) in [6.07, 6.45) is 0.633. The Morgan fingerprint density at radius 2 is 2.07 bits per heavy atom. The summed E-state index contributed by atoms with van der Waals surface area (Å²) < 4.78 is 15.8. The lowest BCUT2D eigenvalue weighted by atomic mass is 10.1. The first-order valence-corrected chi connectivity index (χ1v) is 5.48. The SMILES string of the molecule is COC(=O)CC1CC(CCl)OC(C)(C)O1. The van der Waals surface area contributed by atoms with Crippen molar-refractivity contribution in [1.82, 2.24) is 0 Å². The zero-order valence-corrected chi connectivity index (χ0v) is 10.0. The van der Waals surface area contributed by atoms with Crippen LogP contribution >= 0.6 is 11.6 Å². The van der Waals surface area contributed by atoms with Crippen LogP contribution in [0.2, 0.25) is 0 Å². The monoisotopic (exact) mass is 236 g/mol. The molecule has 1 aliphatic heterocycles. The quantitative estimate of drug-likeness (QED) is 0.553. The highest BCUT2D eigenvalue weighted by atomic mass is 35.5. The molecule has 5 heteroatoms. The first-order valence-electron chi connectivity index (χ1n) is 4.95. The first kappa shape index (κ1) is 12.7. The van der Waals surface area contributed by atoms with Crippen molar-refractivity contribution in [3.05, 3.63) is 0 Å². The summed E-state index contributed by atoms with van der Waals surface area (Å²) in [5.74, 6) is -0.549. The minimum Gasteiger partial charge on any atom is -0.469 e. The molecule has 1 aliphatic rings. The van der Waals surface area contributed by atoms with E-state index in [0.29, 0.717) is 12.3 Å². The van der Waals surface area contributed by atoms with Crippen molar-refractivity contribution >= 4 is 17.6 Å². The fourth-order valence-electron chi connectivity index (χ4n) is 1.71. The molecule has 0 aromatic carbocycles. The highest BCUT2D eigenvalue weighted by Crippen LogP contribution is 2.28. The van der Waals surface area contributed by atoms with Crippen molar-refractivity contribution in [1.29, 1.82) is 0 Å². The van der Waals surface area contributed by atoms with Gasteiger partial charge in [-0.15, -0.1) is 11.6 Å². The van der Waals surface area contributed by atoms with Gasteiger partial charge in [-0.05, 0) is 13.8 Å². The average molecular weight is 237 g/mol. The molecule has 2 atom stereocenters. The van der Waals surface area contributed by atoms with Gasteiger partial charge in [-0.2, -0.15) is 0 Å². The van der Waals surface area contributed by atoms with Crippen LogP contribution in [0.25, 0.3) is 0 Å². The largest absolute Gasteiger partial charge is 0.469 e. The number of carbonyl (C=O) groups excluding carboxylic acids is 1. The summed E-state index contributed by atoms with van der Waals surface area (Å²) in [6, 6.07) is 0. The van der Waals surface area contributed by atoms with E-state index in [4.69, 9.17) is 21.1 Å². The van der Waals surface area contributed by atoms with Crippen LogP contribution in [0.1, 0.15) is 26.7 Å². The molecule has 0 aliphatic carbocycles. The zero-order valence-electron chi connectivity index (χ0n) is 9.29. The summed E-state index contributed by atoms with van der Waals surface area (Å²) in [4.78, 5) is 11.1. The third-order valence-corrected chi connectivity index (χ3v) is 2.57. The predicted octanol–water partition coefficient (Wildman–Crippen LogP) is 1.70. The number of hydrogen-bond donors (Lipinski definition) is 0. The van der Waals surface area contributed by atoms with E-state index in [2.05, 4.69) is 4.74 Å². The van der Waals surface area contributed by atoms with E-state index >= 15 is 0 Å². The van der Waals surface area contributed by atoms with Gasteiger partial charge in [0.1, 0.15) is 0 Å². The van der Waals surface area contributed by atoms with E-state index in [1.807, 2.05) is 13.8 Å². The van der Waals surface area contributed by atoms with E-state index in [-0.39, 0.29) is 24.6 Å². The Hall–Kier alpha value is -0.320. The van der Waals surface area contributed by atoms with Crippen molar-refractivity contribution in [2.75, 3.05) is 13.0 Å². The fraction of sp³-hybridized carbons (Fsp3) is 0.900. The molecule has 0 N–H and O–H groups in total. The van der Waals surface area contributed by atoms with E-state index < -0.39 is 5.79 Å². The molecule has 1 heterocycles. The van der Waals surface area contributed by atoms with Crippen molar-refractivity contribution in [2.45, 2.75) is 44.7 Å². The standard InChI is InChI=1S/C10H17ClO4/c1-10(2)14-7(5-9(12)13-3)4-8(6-11)15-10/h7-8H,4-6H2,1-3H3. The maximum absolute atomic E-state index is 11.1. The van der Waals surface area contributed by atoms with Gasteiger partial charge in [-0.1, -0.05) is 0 Å². The molecule has 2 unspecified atom stereocenters. The lowest BCUT2D eigenvalue weighted by Gasteiger charge is -2.39. The minimum atomic E-state index is -0.684. The summed E-state index contributed by atoms with van der Waals surface area (Å²) >= 11 is 5.75. The Labute approximate surface area is 94.8 Å². The Bertz CT molecular complexity index is 229. The van der Waals surface area contributed by atoms with Crippen molar-refractivity contribution in [3.8, 4) is 0 Å². The first-order chi connectivity index (χ1) is 6.96.